The van der Waals surface area contributed by atoms with Gasteiger partial charge in [0, 0.05) is 36.8 Å². The highest BCUT2D eigenvalue weighted by atomic mass is 79.9. The first-order valence-electron chi connectivity index (χ1n) is 4.55. The predicted molar refractivity (Wildman–Crippen MR) is 68.8 cm³/mol. The standard InChI is InChI=1S/C7H14Br2ClN2OP/c8-2-6-11-4-1-5-12(7-3-9)14(11,10)13/h1-7H2. The topological polar surface area (TPSA) is 23.6 Å². The molecule has 0 aromatic rings. The summed E-state index contributed by atoms with van der Waals surface area (Å²) in [7, 11) is 0. The summed E-state index contributed by atoms with van der Waals surface area (Å²) >= 11 is 12.8. The molecule has 1 saturated heterocycles. The lowest BCUT2D eigenvalue weighted by Crippen LogP contribution is -2.38. The summed E-state index contributed by atoms with van der Waals surface area (Å²) < 4.78 is 16.0. The van der Waals surface area contributed by atoms with Gasteiger partial charge in [0.25, 0.3) is 0 Å². The van der Waals surface area contributed by atoms with Gasteiger partial charge < -0.3 is 0 Å². The van der Waals surface area contributed by atoms with Crippen molar-refractivity contribution >= 4 is 49.9 Å². The third kappa shape index (κ3) is 3.19. The van der Waals surface area contributed by atoms with Gasteiger partial charge in [-0.25, -0.2) is 9.34 Å². The van der Waals surface area contributed by atoms with E-state index >= 15 is 0 Å². The minimum Gasteiger partial charge on any atom is -0.271 e. The fraction of sp³-hybridized carbons (Fsp3) is 1.00. The van der Waals surface area contributed by atoms with Crippen LogP contribution < -0.4 is 0 Å². The fourth-order valence-electron chi connectivity index (χ4n) is 1.53. The molecule has 0 aliphatic carbocycles. The molecule has 1 aliphatic heterocycles. The molecule has 0 radical (unpaired) electrons. The second-order valence-electron chi connectivity index (χ2n) is 3.11. The zero-order valence-electron chi connectivity index (χ0n) is 7.83. The maximum Gasteiger partial charge on any atom is 0.304 e. The number of nitrogens with zero attached hydrogens (tertiary/aromatic N) is 2. The molecule has 1 rings (SSSR count). The first-order chi connectivity index (χ1) is 6.62. The second kappa shape index (κ2) is 6.21. The smallest absolute Gasteiger partial charge is 0.271 e. The van der Waals surface area contributed by atoms with Gasteiger partial charge in [-0.2, -0.15) is 0 Å². The van der Waals surface area contributed by atoms with Crippen LogP contribution in [0.1, 0.15) is 6.42 Å². The van der Waals surface area contributed by atoms with Crippen LogP contribution in [-0.4, -0.2) is 46.2 Å². The molecule has 1 heterocycles. The highest BCUT2D eigenvalue weighted by molar-refractivity contribution is 9.09. The molecule has 0 saturated carbocycles. The van der Waals surface area contributed by atoms with E-state index in [0.717, 1.165) is 43.3 Å². The van der Waals surface area contributed by atoms with Crippen LogP contribution in [0.25, 0.3) is 0 Å². The molecule has 14 heavy (non-hydrogen) atoms. The highest BCUT2D eigenvalue weighted by Crippen LogP contribution is 2.59. The van der Waals surface area contributed by atoms with E-state index in [1.165, 1.54) is 0 Å². The van der Waals surface area contributed by atoms with Crippen molar-refractivity contribution in [1.82, 2.24) is 9.34 Å². The van der Waals surface area contributed by atoms with Gasteiger partial charge in [0.05, 0.1) is 0 Å². The van der Waals surface area contributed by atoms with Gasteiger partial charge in [-0.15, -0.1) is 0 Å². The van der Waals surface area contributed by atoms with Gasteiger partial charge in [-0.3, -0.25) is 4.57 Å². The van der Waals surface area contributed by atoms with Crippen LogP contribution >= 0.6 is 49.9 Å². The molecule has 0 aromatic carbocycles. The van der Waals surface area contributed by atoms with E-state index in [1.54, 1.807) is 0 Å². The van der Waals surface area contributed by atoms with E-state index in [-0.39, 0.29) is 0 Å². The monoisotopic (exact) mass is 366 g/mol. The first kappa shape index (κ1) is 13.5. The molecule has 0 aromatic heterocycles. The largest absolute Gasteiger partial charge is 0.304 e. The molecule has 0 N–H and O–H groups in total. The zero-order valence-corrected chi connectivity index (χ0v) is 12.7. The Bertz CT molecular complexity index is 210. The van der Waals surface area contributed by atoms with Gasteiger partial charge in [-0.05, 0) is 17.7 Å². The van der Waals surface area contributed by atoms with Crippen molar-refractivity contribution in [3.8, 4) is 0 Å². The molecule has 0 unspecified atom stereocenters. The van der Waals surface area contributed by atoms with E-state index in [2.05, 4.69) is 31.9 Å². The van der Waals surface area contributed by atoms with Crippen molar-refractivity contribution in [2.24, 2.45) is 0 Å². The summed E-state index contributed by atoms with van der Waals surface area (Å²) in [5, 5.41) is 1.62. The van der Waals surface area contributed by atoms with Crippen molar-refractivity contribution in [1.29, 1.82) is 0 Å². The summed E-state index contributed by atoms with van der Waals surface area (Å²) in [4.78, 5) is 0. The first-order valence-corrected chi connectivity index (χ1v) is 9.31. The quantitative estimate of drug-likeness (QED) is 0.563. The van der Waals surface area contributed by atoms with Crippen LogP contribution in [0.3, 0.4) is 0 Å². The maximum atomic E-state index is 12.3. The van der Waals surface area contributed by atoms with Gasteiger partial charge in [-0.1, -0.05) is 31.9 Å². The summed E-state index contributed by atoms with van der Waals surface area (Å²) in [6.45, 7) is 0.415. The number of hydrogen-bond donors (Lipinski definition) is 0. The van der Waals surface area contributed by atoms with Crippen molar-refractivity contribution in [2.75, 3.05) is 36.8 Å². The Morgan fingerprint density at radius 3 is 1.93 bits per heavy atom. The van der Waals surface area contributed by atoms with Crippen LogP contribution in [0.5, 0.6) is 0 Å². The van der Waals surface area contributed by atoms with Gasteiger partial charge in [0.2, 0.25) is 0 Å². The number of rotatable bonds is 4. The zero-order chi connectivity index (χ0) is 10.6. The summed E-state index contributed by atoms with van der Waals surface area (Å²) in [5.74, 6) is 0. The second-order valence-corrected chi connectivity index (χ2v) is 8.10. The maximum absolute atomic E-state index is 12.3. The van der Waals surface area contributed by atoms with Crippen LogP contribution in [0, 0.1) is 0 Å². The van der Waals surface area contributed by atoms with Gasteiger partial charge >= 0.3 is 6.80 Å². The Kier molecular flexibility index (Phi) is 5.98. The van der Waals surface area contributed by atoms with E-state index in [9.17, 15) is 4.57 Å². The average Bonchev–Trinajstić information content (AvgIpc) is 2.13. The molecule has 1 fully saturated rings. The third-order valence-electron chi connectivity index (χ3n) is 2.22. The Balaban J connectivity index is 2.66. The minimum atomic E-state index is -2.76. The highest BCUT2D eigenvalue weighted by Gasteiger charge is 2.37. The third-order valence-corrected chi connectivity index (χ3v) is 6.40. The average molecular weight is 368 g/mol. The Morgan fingerprint density at radius 1 is 1.14 bits per heavy atom. The van der Waals surface area contributed by atoms with Crippen molar-refractivity contribution in [2.45, 2.75) is 6.42 Å². The van der Waals surface area contributed by atoms with E-state index in [1.807, 2.05) is 9.34 Å². The lowest BCUT2D eigenvalue weighted by atomic mass is 10.4. The van der Waals surface area contributed by atoms with Gasteiger partial charge in [0.1, 0.15) is 0 Å². The number of halogens is 3. The molecule has 84 valence electrons. The molecule has 0 atom stereocenters. The molecule has 3 nitrogen and oxygen atoms in total. The summed E-state index contributed by atoms with van der Waals surface area (Å²) in [5.41, 5.74) is 0. The number of alkyl halides is 2. The van der Waals surface area contributed by atoms with Crippen molar-refractivity contribution in [3.63, 3.8) is 0 Å². The summed E-state index contributed by atoms with van der Waals surface area (Å²) in [6, 6.07) is 0. The summed E-state index contributed by atoms with van der Waals surface area (Å²) in [6.07, 6.45) is 1.04. The molecular formula is C7H14Br2ClN2OP. The Morgan fingerprint density at radius 2 is 1.57 bits per heavy atom. The van der Waals surface area contributed by atoms with E-state index < -0.39 is 6.80 Å². The SMILES string of the molecule is O=P1(Cl)N(CCBr)CCCN1CCBr. The molecular weight excluding hydrogens is 354 g/mol. The Labute approximate surface area is 107 Å². The molecule has 0 amide bonds. The molecule has 7 heteroatoms. The minimum absolute atomic E-state index is 0.750. The molecule has 0 bridgehead atoms. The normalized spacial score (nSPS) is 23.9. The molecule has 0 spiro atoms. The fourth-order valence-corrected chi connectivity index (χ4v) is 5.67. The number of hydrogen-bond acceptors (Lipinski definition) is 1. The Hall–Kier alpha value is 1.40. The lowest BCUT2D eigenvalue weighted by molar-refractivity contribution is 0.305. The van der Waals surface area contributed by atoms with Crippen LogP contribution in [-0.2, 0) is 4.57 Å². The lowest BCUT2D eigenvalue weighted by Gasteiger charge is -2.39. The van der Waals surface area contributed by atoms with Gasteiger partial charge in [0.15, 0.2) is 0 Å². The van der Waals surface area contributed by atoms with Crippen LogP contribution in [0.2, 0.25) is 0 Å². The van der Waals surface area contributed by atoms with E-state index in [4.69, 9.17) is 11.2 Å². The van der Waals surface area contributed by atoms with Crippen molar-refractivity contribution in [3.05, 3.63) is 0 Å². The van der Waals surface area contributed by atoms with Crippen LogP contribution in [0.15, 0.2) is 0 Å². The van der Waals surface area contributed by atoms with E-state index in [0.29, 0.717) is 0 Å². The predicted octanol–water partition coefficient (Wildman–Crippen LogP) is 3.13. The van der Waals surface area contributed by atoms with Crippen LogP contribution in [0.4, 0.5) is 0 Å². The van der Waals surface area contributed by atoms with Crippen molar-refractivity contribution < 1.29 is 4.57 Å². The molecule has 1 aliphatic rings.